The van der Waals surface area contributed by atoms with Gasteiger partial charge in [-0.1, -0.05) is 38.2 Å². The molecule has 1 aliphatic carbocycles. The second-order valence-electron chi connectivity index (χ2n) is 5.37. The van der Waals surface area contributed by atoms with Crippen molar-refractivity contribution in [2.75, 3.05) is 11.9 Å². The molecule has 0 aliphatic heterocycles. The van der Waals surface area contributed by atoms with E-state index in [4.69, 9.17) is 0 Å². The maximum absolute atomic E-state index is 4.52. The lowest BCUT2D eigenvalue weighted by Crippen LogP contribution is -2.14. The van der Waals surface area contributed by atoms with Crippen LogP contribution in [0.15, 0.2) is 18.9 Å². The van der Waals surface area contributed by atoms with Crippen LogP contribution in [0.3, 0.4) is 0 Å². The van der Waals surface area contributed by atoms with E-state index in [1.54, 1.807) is 0 Å². The van der Waals surface area contributed by atoms with Gasteiger partial charge in [0.25, 0.3) is 0 Å². The van der Waals surface area contributed by atoms with Gasteiger partial charge in [-0.2, -0.15) is 0 Å². The van der Waals surface area contributed by atoms with Gasteiger partial charge in [0.1, 0.15) is 0 Å². The third-order valence-corrected chi connectivity index (χ3v) is 3.78. The standard InChI is InChI=1S/C15H25N3/c1-3-11-18-12-13(2)17-15(18)16-10-9-14-7-5-4-6-8-14/h3,12,14H,1,4-11H2,2H3,(H,16,17). The van der Waals surface area contributed by atoms with Crippen LogP contribution in [0.4, 0.5) is 5.95 Å². The van der Waals surface area contributed by atoms with Crippen molar-refractivity contribution in [2.24, 2.45) is 5.92 Å². The van der Waals surface area contributed by atoms with Gasteiger partial charge < -0.3 is 9.88 Å². The average Bonchev–Trinajstić information content (AvgIpc) is 2.72. The monoisotopic (exact) mass is 247 g/mol. The molecule has 1 aromatic rings. The zero-order valence-electron chi connectivity index (χ0n) is 11.5. The molecule has 2 rings (SSSR count). The minimum absolute atomic E-state index is 0.826. The molecule has 0 unspecified atom stereocenters. The van der Waals surface area contributed by atoms with E-state index in [9.17, 15) is 0 Å². The summed E-state index contributed by atoms with van der Waals surface area (Å²) in [4.78, 5) is 4.52. The Morgan fingerprint density at radius 1 is 1.44 bits per heavy atom. The Morgan fingerprint density at radius 3 is 2.94 bits per heavy atom. The van der Waals surface area contributed by atoms with Gasteiger partial charge in [0.05, 0.1) is 5.69 Å². The maximum Gasteiger partial charge on any atom is 0.203 e. The normalized spacial score (nSPS) is 16.7. The van der Waals surface area contributed by atoms with Gasteiger partial charge in [0.15, 0.2) is 0 Å². The highest BCUT2D eigenvalue weighted by molar-refractivity contribution is 5.29. The van der Waals surface area contributed by atoms with E-state index < -0.39 is 0 Å². The van der Waals surface area contributed by atoms with Crippen molar-refractivity contribution in [3.05, 3.63) is 24.5 Å². The van der Waals surface area contributed by atoms with E-state index in [-0.39, 0.29) is 0 Å². The predicted molar refractivity (Wildman–Crippen MR) is 76.8 cm³/mol. The number of nitrogens with zero attached hydrogens (tertiary/aromatic N) is 2. The molecular weight excluding hydrogens is 222 g/mol. The Hall–Kier alpha value is -1.25. The molecule has 3 heteroatoms. The molecule has 0 amide bonds. The summed E-state index contributed by atoms with van der Waals surface area (Å²) < 4.78 is 2.13. The number of aromatic nitrogens is 2. The summed E-state index contributed by atoms with van der Waals surface area (Å²) in [5.74, 6) is 1.92. The van der Waals surface area contributed by atoms with Crippen LogP contribution in [0.25, 0.3) is 0 Å². The molecule has 1 heterocycles. The Morgan fingerprint density at radius 2 is 2.22 bits per heavy atom. The summed E-state index contributed by atoms with van der Waals surface area (Å²) in [5.41, 5.74) is 1.07. The molecule has 1 fully saturated rings. The van der Waals surface area contributed by atoms with Gasteiger partial charge in [-0.05, 0) is 19.3 Å². The van der Waals surface area contributed by atoms with Crippen LogP contribution in [0.1, 0.15) is 44.2 Å². The topological polar surface area (TPSA) is 29.9 Å². The van der Waals surface area contributed by atoms with Crippen LogP contribution in [0.5, 0.6) is 0 Å². The van der Waals surface area contributed by atoms with E-state index >= 15 is 0 Å². The fourth-order valence-electron chi connectivity index (χ4n) is 2.83. The molecule has 0 aromatic carbocycles. The van der Waals surface area contributed by atoms with Gasteiger partial charge in [0, 0.05) is 19.3 Å². The number of imidazole rings is 1. The fraction of sp³-hybridized carbons (Fsp3) is 0.667. The maximum atomic E-state index is 4.52. The van der Waals surface area contributed by atoms with E-state index in [2.05, 4.69) is 27.6 Å². The lowest BCUT2D eigenvalue weighted by atomic mass is 9.87. The lowest BCUT2D eigenvalue weighted by molar-refractivity contribution is 0.345. The van der Waals surface area contributed by atoms with E-state index in [0.29, 0.717) is 0 Å². The van der Waals surface area contributed by atoms with Crippen molar-refractivity contribution in [3.8, 4) is 0 Å². The van der Waals surface area contributed by atoms with Crippen LogP contribution < -0.4 is 5.32 Å². The number of aryl methyl sites for hydroxylation is 1. The summed E-state index contributed by atoms with van der Waals surface area (Å²) in [5, 5.41) is 3.47. The number of rotatable bonds is 6. The molecule has 18 heavy (non-hydrogen) atoms. The summed E-state index contributed by atoms with van der Waals surface area (Å²) in [7, 11) is 0. The summed E-state index contributed by atoms with van der Waals surface area (Å²) in [6.07, 6.45) is 12.4. The smallest absolute Gasteiger partial charge is 0.203 e. The van der Waals surface area contributed by atoms with Gasteiger partial charge >= 0.3 is 0 Å². The highest BCUT2D eigenvalue weighted by Crippen LogP contribution is 2.26. The first-order valence-electron chi connectivity index (χ1n) is 7.18. The van der Waals surface area contributed by atoms with Crippen molar-refractivity contribution < 1.29 is 0 Å². The molecule has 1 saturated carbocycles. The molecule has 100 valence electrons. The lowest BCUT2D eigenvalue weighted by Gasteiger charge is -2.21. The molecule has 0 saturated heterocycles. The Balaban J connectivity index is 1.79. The molecule has 1 N–H and O–H groups in total. The number of nitrogens with one attached hydrogen (secondary N) is 1. The number of hydrogen-bond acceptors (Lipinski definition) is 2. The minimum Gasteiger partial charge on any atom is -0.356 e. The van der Waals surface area contributed by atoms with Crippen LogP contribution in [0, 0.1) is 12.8 Å². The highest BCUT2D eigenvalue weighted by Gasteiger charge is 2.13. The Bertz CT molecular complexity index is 375. The molecule has 1 aromatic heterocycles. The van der Waals surface area contributed by atoms with Crippen LogP contribution in [0.2, 0.25) is 0 Å². The molecular formula is C15H25N3. The fourth-order valence-corrected chi connectivity index (χ4v) is 2.83. The van der Waals surface area contributed by atoms with Crippen molar-refractivity contribution in [2.45, 2.75) is 52.0 Å². The Kier molecular flexibility index (Phi) is 4.85. The molecule has 3 nitrogen and oxygen atoms in total. The molecule has 0 spiro atoms. The number of anilines is 1. The van der Waals surface area contributed by atoms with Gasteiger partial charge in [-0.25, -0.2) is 4.98 Å². The SMILES string of the molecule is C=CCn1cc(C)nc1NCCC1CCCCC1. The minimum atomic E-state index is 0.826. The van der Waals surface area contributed by atoms with Crippen molar-refractivity contribution in [1.29, 1.82) is 0 Å². The number of hydrogen-bond donors (Lipinski definition) is 1. The van der Waals surface area contributed by atoms with E-state index in [1.807, 2.05) is 13.0 Å². The van der Waals surface area contributed by atoms with Crippen LogP contribution in [-0.4, -0.2) is 16.1 Å². The average molecular weight is 247 g/mol. The molecule has 1 aliphatic rings. The first-order chi connectivity index (χ1) is 8.79. The molecule has 0 radical (unpaired) electrons. The zero-order valence-corrected chi connectivity index (χ0v) is 11.5. The molecule has 0 atom stereocenters. The third-order valence-electron chi connectivity index (χ3n) is 3.78. The zero-order chi connectivity index (χ0) is 12.8. The van der Waals surface area contributed by atoms with Crippen molar-refractivity contribution >= 4 is 5.95 Å². The van der Waals surface area contributed by atoms with Crippen molar-refractivity contribution in [1.82, 2.24) is 9.55 Å². The molecule has 0 bridgehead atoms. The van der Waals surface area contributed by atoms with Gasteiger partial charge in [0.2, 0.25) is 5.95 Å². The quantitative estimate of drug-likeness (QED) is 0.776. The predicted octanol–water partition coefficient (Wildman–Crippen LogP) is 3.76. The summed E-state index contributed by atoms with van der Waals surface area (Å²) in [6.45, 7) is 7.68. The van der Waals surface area contributed by atoms with Crippen LogP contribution in [-0.2, 0) is 6.54 Å². The first-order valence-corrected chi connectivity index (χ1v) is 7.18. The second-order valence-corrected chi connectivity index (χ2v) is 5.37. The summed E-state index contributed by atoms with van der Waals surface area (Å²) >= 11 is 0. The van der Waals surface area contributed by atoms with Crippen molar-refractivity contribution in [3.63, 3.8) is 0 Å². The second kappa shape index (κ2) is 6.62. The third kappa shape index (κ3) is 3.62. The Labute approximate surface area is 110 Å². The van der Waals surface area contributed by atoms with Gasteiger partial charge in [-0.3, -0.25) is 0 Å². The summed E-state index contributed by atoms with van der Waals surface area (Å²) in [6, 6.07) is 0. The van der Waals surface area contributed by atoms with E-state index in [1.165, 1.54) is 38.5 Å². The first kappa shape index (κ1) is 13.2. The highest BCUT2D eigenvalue weighted by atomic mass is 15.2. The van der Waals surface area contributed by atoms with Crippen LogP contribution >= 0.6 is 0 Å². The van der Waals surface area contributed by atoms with E-state index in [0.717, 1.165) is 30.6 Å². The largest absolute Gasteiger partial charge is 0.356 e. The van der Waals surface area contributed by atoms with Gasteiger partial charge in [-0.15, -0.1) is 6.58 Å². The number of allylic oxidation sites excluding steroid dienone is 1.